The van der Waals surface area contributed by atoms with E-state index in [9.17, 15) is 9.59 Å². The highest BCUT2D eigenvalue weighted by molar-refractivity contribution is 8.03. The summed E-state index contributed by atoms with van der Waals surface area (Å²) in [6, 6.07) is 0.119. The molecule has 1 amide bonds. The summed E-state index contributed by atoms with van der Waals surface area (Å²) >= 11 is 1.60. The highest BCUT2D eigenvalue weighted by Gasteiger charge is 2.35. The standard InChI is InChI=1S/C15H22N2O3S/c1-9(2)16-13(18)7-11-8-21-14-12(5-6-17(11)14)15(19)20-10(3)4/h7,9-10H,5-6,8H2,1-4H3,(H,16,18). The fourth-order valence-electron chi connectivity index (χ4n) is 2.33. The van der Waals surface area contributed by atoms with Crippen LogP contribution in [0.5, 0.6) is 0 Å². The predicted molar refractivity (Wildman–Crippen MR) is 83.4 cm³/mol. The molecule has 0 aromatic heterocycles. The average molecular weight is 310 g/mol. The second-order valence-corrected chi connectivity index (χ2v) is 6.69. The third-order valence-corrected chi connectivity index (χ3v) is 4.29. The lowest BCUT2D eigenvalue weighted by Gasteiger charge is -2.15. The van der Waals surface area contributed by atoms with Crippen LogP contribution in [0.3, 0.4) is 0 Å². The van der Waals surface area contributed by atoms with Crippen molar-refractivity contribution in [2.75, 3.05) is 12.3 Å². The molecule has 21 heavy (non-hydrogen) atoms. The molecule has 2 rings (SSSR count). The molecule has 0 aromatic carbocycles. The molecule has 2 aliphatic heterocycles. The summed E-state index contributed by atoms with van der Waals surface area (Å²) in [5, 5.41) is 3.80. The van der Waals surface area contributed by atoms with Gasteiger partial charge < -0.3 is 15.0 Å². The lowest BCUT2D eigenvalue weighted by molar-refractivity contribution is -0.142. The normalized spacial score (nSPS) is 19.7. The van der Waals surface area contributed by atoms with Crippen molar-refractivity contribution in [3.63, 3.8) is 0 Å². The van der Waals surface area contributed by atoms with Gasteiger partial charge in [-0.25, -0.2) is 4.79 Å². The molecule has 1 N–H and O–H groups in total. The molecule has 2 aliphatic rings. The van der Waals surface area contributed by atoms with E-state index in [2.05, 4.69) is 10.2 Å². The van der Waals surface area contributed by atoms with Crippen molar-refractivity contribution in [2.45, 2.75) is 46.3 Å². The van der Waals surface area contributed by atoms with Gasteiger partial charge in [-0.3, -0.25) is 4.79 Å². The second-order valence-electron chi connectivity index (χ2n) is 5.73. The Morgan fingerprint density at radius 3 is 2.67 bits per heavy atom. The Balaban J connectivity index is 2.11. The van der Waals surface area contributed by atoms with E-state index in [1.165, 1.54) is 0 Å². The van der Waals surface area contributed by atoms with Crippen LogP contribution in [0.2, 0.25) is 0 Å². The van der Waals surface area contributed by atoms with Gasteiger partial charge in [-0.15, -0.1) is 11.8 Å². The number of hydrogen-bond donors (Lipinski definition) is 1. The number of ether oxygens (including phenoxy) is 1. The number of rotatable bonds is 4. The molecule has 0 aromatic rings. The molecule has 1 fully saturated rings. The van der Waals surface area contributed by atoms with Crippen LogP contribution in [-0.2, 0) is 14.3 Å². The fraction of sp³-hybridized carbons (Fsp3) is 0.600. The van der Waals surface area contributed by atoms with Crippen LogP contribution in [0.15, 0.2) is 22.4 Å². The number of amides is 1. The van der Waals surface area contributed by atoms with E-state index in [4.69, 9.17) is 4.74 Å². The van der Waals surface area contributed by atoms with Gasteiger partial charge in [-0.05, 0) is 27.7 Å². The minimum Gasteiger partial charge on any atom is -0.460 e. The molecular formula is C15H22N2O3S. The largest absolute Gasteiger partial charge is 0.460 e. The zero-order valence-corrected chi connectivity index (χ0v) is 13.8. The van der Waals surface area contributed by atoms with E-state index < -0.39 is 0 Å². The van der Waals surface area contributed by atoms with Crippen molar-refractivity contribution in [1.82, 2.24) is 10.2 Å². The first kappa shape index (κ1) is 15.9. The Labute approximate surface area is 129 Å². The quantitative estimate of drug-likeness (QED) is 0.636. The van der Waals surface area contributed by atoms with E-state index in [-0.39, 0.29) is 24.0 Å². The molecule has 116 valence electrons. The third kappa shape index (κ3) is 3.81. The zero-order valence-electron chi connectivity index (χ0n) is 12.9. The maximum atomic E-state index is 12.1. The SMILES string of the molecule is CC(C)NC(=O)C=C1CSC2=C(C(=O)OC(C)C)CCN12. The van der Waals surface area contributed by atoms with Crippen LogP contribution in [0.25, 0.3) is 0 Å². The highest BCUT2D eigenvalue weighted by Crippen LogP contribution is 2.42. The number of carbonyl (C=O) groups excluding carboxylic acids is 2. The average Bonchev–Trinajstić information content (AvgIpc) is 2.90. The van der Waals surface area contributed by atoms with Crippen LogP contribution < -0.4 is 5.32 Å². The van der Waals surface area contributed by atoms with Crippen molar-refractivity contribution in [3.05, 3.63) is 22.4 Å². The summed E-state index contributed by atoms with van der Waals surface area (Å²) in [5.41, 5.74) is 1.70. The van der Waals surface area contributed by atoms with Crippen LogP contribution in [0.1, 0.15) is 34.1 Å². The molecule has 2 heterocycles. The molecule has 6 heteroatoms. The Morgan fingerprint density at radius 2 is 2.05 bits per heavy atom. The molecule has 0 saturated carbocycles. The Kier molecular flexibility index (Phi) is 4.98. The number of thioether (sulfide) groups is 1. The van der Waals surface area contributed by atoms with Gasteiger partial charge in [0, 0.05) is 36.5 Å². The van der Waals surface area contributed by atoms with E-state index >= 15 is 0 Å². The van der Waals surface area contributed by atoms with Crippen LogP contribution in [0.4, 0.5) is 0 Å². The minimum atomic E-state index is -0.233. The molecule has 0 spiro atoms. The van der Waals surface area contributed by atoms with E-state index in [1.54, 1.807) is 17.8 Å². The van der Waals surface area contributed by atoms with Gasteiger partial charge in [-0.1, -0.05) is 0 Å². The number of nitrogens with zero attached hydrogens (tertiary/aromatic N) is 1. The highest BCUT2D eigenvalue weighted by atomic mass is 32.2. The summed E-state index contributed by atoms with van der Waals surface area (Å²) in [6.45, 7) is 8.30. The first-order valence-corrected chi connectivity index (χ1v) is 8.22. The lowest BCUT2D eigenvalue weighted by Crippen LogP contribution is -2.29. The van der Waals surface area contributed by atoms with Crippen LogP contribution in [0, 0.1) is 0 Å². The molecule has 0 atom stereocenters. The van der Waals surface area contributed by atoms with Crippen molar-refractivity contribution in [3.8, 4) is 0 Å². The van der Waals surface area contributed by atoms with E-state index in [1.807, 2.05) is 27.7 Å². The Morgan fingerprint density at radius 1 is 1.33 bits per heavy atom. The van der Waals surface area contributed by atoms with Crippen LogP contribution in [-0.4, -0.2) is 41.2 Å². The van der Waals surface area contributed by atoms with Crippen LogP contribution >= 0.6 is 11.8 Å². The molecule has 0 unspecified atom stereocenters. The fourth-order valence-corrected chi connectivity index (χ4v) is 3.57. The summed E-state index contributed by atoms with van der Waals surface area (Å²) in [7, 11) is 0. The summed E-state index contributed by atoms with van der Waals surface area (Å²) in [6.07, 6.45) is 2.20. The molecular weight excluding hydrogens is 288 g/mol. The van der Waals surface area contributed by atoms with Gasteiger partial charge in [-0.2, -0.15) is 0 Å². The van der Waals surface area contributed by atoms with Gasteiger partial charge in [0.2, 0.25) is 5.91 Å². The third-order valence-electron chi connectivity index (χ3n) is 3.11. The number of esters is 1. The van der Waals surface area contributed by atoms with Crippen molar-refractivity contribution < 1.29 is 14.3 Å². The van der Waals surface area contributed by atoms with E-state index in [0.29, 0.717) is 6.42 Å². The first-order valence-electron chi connectivity index (χ1n) is 7.24. The predicted octanol–water partition coefficient (Wildman–Crippen LogP) is 2.01. The van der Waals surface area contributed by atoms with E-state index in [0.717, 1.165) is 28.6 Å². The number of hydrogen-bond acceptors (Lipinski definition) is 5. The zero-order chi connectivity index (χ0) is 15.6. The van der Waals surface area contributed by atoms with Gasteiger partial charge in [0.1, 0.15) is 0 Å². The van der Waals surface area contributed by atoms with Crippen molar-refractivity contribution in [1.29, 1.82) is 0 Å². The monoisotopic (exact) mass is 310 g/mol. The first-order chi connectivity index (χ1) is 9.88. The Bertz CT molecular complexity index is 509. The Hall–Kier alpha value is -1.43. The summed E-state index contributed by atoms with van der Waals surface area (Å²) in [5.74, 6) is 0.405. The maximum absolute atomic E-state index is 12.1. The number of carbonyl (C=O) groups is 2. The number of fused-ring (bicyclic) bond motifs is 1. The topological polar surface area (TPSA) is 58.6 Å². The molecule has 0 bridgehead atoms. The van der Waals surface area contributed by atoms with Crippen molar-refractivity contribution >= 4 is 23.6 Å². The number of nitrogens with one attached hydrogen (secondary N) is 1. The van der Waals surface area contributed by atoms with Gasteiger partial charge in [0.25, 0.3) is 0 Å². The lowest BCUT2D eigenvalue weighted by atomic mass is 10.2. The maximum Gasteiger partial charge on any atom is 0.336 e. The van der Waals surface area contributed by atoms with Gasteiger partial charge in [0.15, 0.2) is 0 Å². The minimum absolute atomic E-state index is 0.0833. The summed E-state index contributed by atoms with van der Waals surface area (Å²) < 4.78 is 5.28. The van der Waals surface area contributed by atoms with Gasteiger partial charge in [0.05, 0.1) is 16.7 Å². The molecule has 5 nitrogen and oxygen atoms in total. The summed E-state index contributed by atoms with van der Waals surface area (Å²) in [4.78, 5) is 25.9. The molecule has 1 saturated heterocycles. The van der Waals surface area contributed by atoms with Gasteiger partial charge >= 0.3 is 5.97 Å². The smallest absolute Gasteiger partial charge is 0.336 e. The molecule has 0 aliphatic carbocycles. The second kappa shape index (κ2) is 6.56. The molecule has 0 radical (unpaired) electrons. The van der Waals surface area contributed by atoms with Crippen molar-refractivity contribution in [2.24, 2.45) is 0 Å².